The highest BCUT2D eigenvalue weighted by Gasteiger charge is 2.63. The molecule has 4 heteroatoms. The highest BCUT2D eigenvalue weighted by molar-refractivity contribution is 9.10. The molecule has 24 heavy (non-hydrogen) atoms. The zero-order chi connectivity index (χ0) is 17.2. The molecule has 3 rings (SSSR count). The molecule has 0 amide bonds. The maximum atomic E-state index is 10.0. The summed E-state index contributed by atoms with van der Waals surface area (Å²) in [6, 6.07) is 21.6. The van der Waals surface area contributed by atoms with Gasteiger partial charge in [0, 0.05) is 4.47 Å². The summed E-state index contributed by atoms with van der Waals surface area (Å²) >= 11 is 3.44. The fourth-order valence-electron chi connectivity index (χ4n) is 3.43. The topological polar surface area (TPSA) is 56.8 Å². The molecule has 2 atom stereocenters. The molecule has 1 aliphatic rings. The molecule has 118 valence electrons. The van der Waals surface area contributed by atoms with Gasteiger partial charge in [-0.2, -0.15) is 10.5 Å². The largest absolute Gasteiger partial charge is 0.369 e. The van der Waals surface area contributed by atoms with E-state index >= 15 is 0 Å². The lowest BCUT2D eigenvalue weighted by Gasteiger charge is -2.35. The standard InChI is InChI=1S/C20H15BrN2O/c1-2-19(16-8-4-3-5-9-16)14-24-18(20(19,12-22)13-23)15-7-6-10-17(21)11-15/h2-11,18H,1,14H2/t18-,19+/m1/s1. The summed E-state index contributed by atoms with van der Waals surface area (Å²) in [6.07, 6.45) is 1.04. The van der Waals surface area contributed by atoms with Crippen molar-refractivity contribution in [1.82, 2.24) is 0 Å². The third-order valence-corrected chi connectivity index (χ3v) is 5.21. The molecule has 3 nitrogen and oxygen atoms in total. The summed E-state index contributed by atoms with van der Waals surface area (Å²) < 4.78 is 6.89. The molecule has 0 saturated carbocycles. The van der Waals surface area contributed by atoms with Gasteiger partial charge < -0.3 is 4.74 Å². The monoisotopic (exact) mass is 378 g/mol. The van der Waals surface area contributed by atoms with E-state index in [-0.39, 0.29) is 6.61 Å². The molecule has 1 aliphatic heterocycles. The predicted octanol–water partition coefficient (Wildman–Crippen LogP) is 4.68. The van der Waals surface area contributed by atoms with Gasteiger partial charge in [0.2, 0.25) is 0 Å². The number of hydrogen-bond acceptors (Lipinski definition) is 3. The molecule has 1 fully saturated rings. The molecule has 0 spiro atoms. The van der Waals surface area contributed by atoms with E-state index in [2.05, 4.69) is 34.6 Å². The third kappa shape index (κ3) is 2.19. The summed E-state index contributed by atoms with van der Waals surface area (Å²) in [4.78, 5) is 0. The van der Waals surface area contributed by atoms with Gasteiger partial charge in [0.05, 0.1) is 24.2 Å². The lowest BCUT2D eigenvalue weighted by molar-refractivity contribution is 0.0861. The van der Waals surface area contributed by atoms with E-state index < -0.39 is 16.9 Å². The number of nitrogens with zero attached hydrogens (tertiary/aromatic N) is 2. The van der Waals surface area contributed by atoms with Gasteiger partial charge in [0.25, 0.3) is 0 Å². The second-order valence-corrected chi connectivity index (χ2v) is 6.73. The van der Waals surface area contributed by atoms with Gasteiger partial charge in [0.1, 0.15) is 6.10 Å². The fraction of sp³-hybridized carbons (Fsp3) is 0.200. The highest BCUT2D eigenvalue weighted by Crippen LogP contribution is 2.57. The second-order valence-electron chi connectivity index (χ2n) is 5.82. The van der Waals surface area contributed by atoms with Crippen LogP contribution in [0.4, 0.5) is 0 Å². The Morgan fingerprint density at radius 2 is 1.83 bits per heavy atom. The molecule has 1 saturated heterocycles. The van der Waals surface area contributed by atoms with E-state index in [1.807, 2.05) is 54.6 Å². The van der Waals surface area contributed by atoms with Crippen LogP contribution in [-0.2, 0) is 10.2 Å². The fourth-order valence-corrected chi connectivity index (χ4v) is 3.85. The van der Waals surface area contributed by atoms with E-state index in [0.29, 0.717) is 0 Å². The number of ether oxygens (including phenoxy) is 1. The zero-order valence-corrected chi connectivity index (χ0v) is 14.5. The van der Waals surface area contributed by atoms with Crippen LogP contribution < -0.4 is 0 Å². The normalized spacial score (nSPS) is 24.7. The van der Waals surface area contributed by atoms with Crippen LogP contribution in [0.3, 0.4) is 0 Å². The minimum atomic E-state index is -1.39. The molecule has 2 aromatic carbocycles. The van der Waals surface area contributed by atoms with Gasteiger partial charge in [0.15, 0.2) is 5.41 Å². The number of hydrogen-bond donors (Lipinski definition) is 0. The zero-order valence-electron chi connectivity index (χ0n) is 12.9. The van der Waals surface area contributed by atoms with E-state index in [1.165, 1.54) is 0 Å². The van der Waals surface area contributed by atoms with Crippen LogP contribution >= 0.6 is 15.9 Å². The van der Waals surface area contributed by atoms with Crippen molar-refractivity contribution in [1.29, 1.82) is 10.5 Å². The Kier molecular flexibility index (Phi) is 4.28. The number of rotatable bonds is 3. The van der Waals surface area contributed by atoms with Crippen molar-refractivity contribution >= 4 is 15.9 Å². The lowest BCUT2D eigenvalue weighted by Crippen LogP contribution is -2.42. The summed E-state index contributed by atoms with van der Waals surface area (Å²) in [6.45, 7) is 4.17. The minimum absolute atomic E-state index is 0.235. The number of halogens is 1. The van der Waals surface area contributed by atoms with Crippen LogP contribution in [0.5, 0.6) is 0 Å². The first kappa shape index (κ1) is 16.5. The Balaban J connectivity index is 2.22. The van der Waals surface area contributed by atoms with Crippen molar-refractivity contribution < 1.29 is 4.74 Å². The molecular formula is C20H15BrN2O. The summed E-state index contributed by atoms with van der Waals surface area (Å²) in [5.74, 6) is 0. The molecule has 0 radical (unpaired) electrons. The Hall–Kier alpha value is -2.40. The van der Waals surface area contributed by atoms with Crippen LogP contribution in [0.1, 0.15) is 17.2 Å². The van der Waals surface area contributed by atoms with Gasteiger partial charge in [-0.25, -0.2) is 0 Å². The quantitative estimate of drug-likeness (QED) is 0.728. The minimum Gasteiger partial charge on any atom is -0.369 e. The summed E-state index contributed by atoms with van der Waals surface area (Å²) in [5.41, 5.74) is -0.616. The van der Waals surface area contributed by atoms with E-state index in [4.69, 9.17) is 4.74 Å². The number of benzene rings is 2. The lowest BCUT2D eigenvalue weighted by atomic mass is 9.60. The van der Waals surface area contributed by atoms with Crippen LogP contribution in [0.25, 0.3) is 0 Å². The maximum Gasteiger partial charge on any atom is 0.188 e. The molecule has 0 aromatic heterocycles. The Morgan fingerprint density at radius 3 is 2.42 bits per heavy atom. The van der Waals surface area contributed by atoms with Gasteiger partial charge in [-0.05, 0) is 23.3 Å². The average Bonchev–Trinajstić information content (AvgIpc) is 2.98. The molecule has 0 aliphatic carbocycles. The Morgan fingerprint density at radius 1 is 1.12 bits per heavy atom. The average molecular weight is 379 g/mol. The van der Waals surface area contributed by atoms with Gasteiger partial charge in [-0.1, -0.05) is 64.5 Å². The van der Waals surface area contributed by atoms with Gasteiger partial charge in [-0.15, -0.1) is 6.58 Å². The first-order chi connectivity index (χ1) is 11.6. The first-order valence-electron chi connectivity index (χ1n) is 7.52. The number of nitriles is 2. The maximum absolute atomic E-state index is 10.0. The van der Waals surface area contributed by atoms with Gasteiger partial charge in [-0.3, -0.25) is 0 Å². The predicted molar refractivity (Wildman–Crippen MR) is 94.8 cm³/mol. The SMILES string of the molecule is C=C[C@@]1(c2ccccc2)CO[C@H](c2cccc(Br)c2)C1(C#N)C#N. The smallest absolute Gasteiger partial charge is 0.188 e. The summed E-state index contributed by atoms with van der Waals surface area (Å²) in [7, 11) is 0. The Bertz CT molecular complexity index is 836. The molecule has 0 N–H and O–H groups in total. The van der Waals surface area contributed by atoms with E-state index in [0.717, 1.165) is 15.6 Å². The summed E-state index contributed by atoms with van der Waals surface area (Å²) in [5, 5.41) is 20.1. The van der Waals surface area contributed by atoms with Crippen LogP contribution in [-0.4, -0.2) is 6.61 Å². The molecular weight excluding hydrogens is 364 g/mol. The van der Waals surface area contributed by atoms with E-state index in [1.54, 1.807) is 6.08 Å². The van der Waals surface area contributed by atoms with Crippen LogP contribution in [0.2, 0.25) is 0 Å². The molecule has 2 aromatic rings. The Labute approximate surface area is 149 Å². The first-order valence-corrected chi connectivity index (χ1v) is 8.31. The van der Waals surface area contributed by atoms with Crippen molar-refractivity contribution in [2.24, 2.45) is 5.41 Å². The highest BCUT2D eigenvalue weighted by atomic mass is 79.9. The van der Waals surface area contributed by atoms with Crippen LogP contribution in [0, 0.1) is 28.1 Å². The van der Waals surface area contributed by atoms with Crippen molar-refractivity contribution in [2.45, 2.75) is 11.5 Å². The third-order valence-electron chi connectivity index (χ3n) is 4.72. The van der Waals surface area contributed by atoms with E-state index in [9.17, 15) is 10.5 Å². The molecule has 1 heterocycles. The van der Waals surface area contributed by atoms with Gasteiger partial charge >= 0.3 is 0 Å². The molecule has 0 unspecified atom stereocenters. The van der Waals surface area contributed by atoms with Crippen molar-refractivity contribution in [3.63, 3.8) is 0 Å². The van der Waals surface area contributed by atoms with Crippen molar-refractivity contribution in [2.75, 3.05) is 6.61 Å². The van der Waals surface area contributed by atoms with Crippen LogP contribution in [0.15, 0.2) is 71.7 Å². The molecule has 0 bridgehead atoms. The second kappa shape index (κ2) is 6.24. The van der Waals surface area contributed by atoms with Crippen molar-refractivity contribution in [3.8, 4) is 12.1 Å². The van der Waals surface area contributed by atoms with Crippen molar-refractivity contribution in [3.05, 3.63) is 82.9 Å².